The number of unbranched alkanes of at least 4 members (excludes halogenated alkanes) is 3. The summed E-state index contributed by atoms with van der Waals surface area (Å²) >= 11 is 0. The maximum atomic E-state index is 14.0. The number of phenolic OH excluding ortho intramolecular Hbond substituents is 1. The highest BCUT2D eigenvalue weighted by Gasteiger charge is 2.49. The molecule has 2 atom stereocenters. The monoisotopic (exact) mass is 607 g/mol. The number of hydrogen-bond acceptors (Lipinski definition) is 6. The summed E-state index contributed by atoms with van der Waals surface area (Å²) in [6.45, 7) is 4.81. The van der Waals surface area contributed by atoms with E-state index in [2.05, 4.69) is 13.8 Å². The predicted molar refractivity (Wildman–Crippen MR) is 175 cm³/mol. The molecule has 43 heavy (non-hydrogen) atoms. The van der Waals surface area contributed by atoms with Gasteiger partial charge in [-0.25, -0.2) is 8.42 Å². The lowest BCUT2D eigenvalue weighted by atomic mass is 9.68. The van der Waals surface area contributed by atoms with E-state index in [1.54, 1.807) is 18.2 Å². The standard InChI is InChI=1S/C36H49NO5S/c1-5-7-21-36(22-8-6-2)26-43(40,41)33-20-17-29(37(3)4)25-32(33)34(35(36)39)28-15-18-31(19-16-28)42-23-10-9-12-27-13-11-14-30(38)24-27/h11,13-20,24-25,34-35,38-39H,5-10,12,21-23,26H2,1-4H3/t34-,35-/m1/s1. The maximum absolute atomic E-state index is 14.0. The fraction of sp³-hybridized carbons (Fsp3) is 0.500. The van der Waals surface area contributed by atoms with E-state index >= 15 is 0 Å². The molecule has 0 radical (unpaired) electrons. The number of rotatable bonds is 14. The number of anilines is 1. The van der Waals surface area contributed by atoms with E-state index in [-0.39, 0.29) is 5.75 Å². The molecule has 234 valence electrons. The lowest BCUT2D eigenvalue weighted by Crippen LogP contribution is -2.43. The molecule has 1 aliphatic rings. The lowest BCUT2D eigenvalue weighted by Gasteiger charge is -2.40. The molecule has 7 heteroatoms. The van der Waals surface area contributed by atoms with Crippen molar-refractivity contribution in [2.24, 2.45) is 5.41 Å². The van der Waals surface area contributed by atoms with Crippen molar-refractivity contribution in [1.82, 2.24) is 0 Å². The Morgan fingerprint density at radius 3 is 2.23 bits per heavy atom. The second kappa shape index (κ2) is 14.6. The van der Waals surface area contributed by atoms with Gasteiger partial charge >= 0.3 is 0 Å². The van der Waals surface area contributed by atoms with Crippen LogP contribution >= 0.6 is 0 Å². The van der Waals surface area contributed by atoms with Gasteiger partial charge in [-0.2, -0.15) is 0 Å². The van der Waals surface area contributed by atoms with Gasteiger partial charge in [0.1, 0.15) is 11.5 Å². The number of aliphatic hydroxyl groups is 1. The van der Waals surface area contributed by atoms with E-state index in [1.165, 1.54) is 0 Å². The number of ether oxygens (including phenoxy) is 1. The van der Waals surface area contributed by atoms with Crippen LogP contribution in [0.5, 0.6) is 11.5 Å². The summed E-state index contributed by atoms with van der Waals surface area (Å²) < 4.78 is 34.1. The number of fused-ring (bicyclic) bond motifs is 1. The first-order valence-electron chi connectivity index (χ1n) is 15.8. The van der Waals surface area contributed by atoms with Crippen LogP contribution in [0.3, 0.4) is 0 Å². The van der Waals surface area contributed by atoms with Gasteiger partial charge in [-0.1, -0.05) is 63.8 Å². The molecule has 3 aromatic rings. The molecule has 0 saturated heterocycles. The van der Waals surface area contributed by atoms with Crippen molar-refractivity contribution in [2.45, 2.75) is 88.6 Å². The molecule has 4 rings (SSSR count). The van der Waals surface area contributed by atoms with Gasteiger partial charge in [-0.05, 0) is 91.3 Å². The number of benzene rings is 3. The number of aromatic hydroxyl groups is 1. The third-order valence-corrected chi connectivity index (χ3v) is 10.9. The molecule has 1 aliphatic heterocycles. The Balaban J connectivity index is 1.62. The minimum absolute atomic E-state index is 0.0320. The minimum atomic E-state index is -3.63. The minimum Gasteiger partial charge on any atom is -0.508 e. The summed E-state index contributed by atoms with van der Waals surface area (Å²) in [7, 11) is 0.262. The summed E-state index contributed by atoms with van der Waals surface area (Å²) in [6.07, 6.45) is 6.88. The molecule has 0 bridgehead atoms. The van der Waals surface area contributed by atoms with Crippen LogP contribution in [0.25, 0.3) is 0 Å². The molecule has 0 aromatic heterocycles. The van der Waals surface area contributed by atoms with Gasteiger partial charge in [-0.15, -0.1) is 0 Å². The quantitative estimate of drug-likeness (QED) is 0.185. The number of hydrogen-bond donors (Lipinski definition) is 2. The van der Waals surface area contributed by atoms with Crippen LogP contribution in [0.15, 0.2) is 71.6 Å². The highest BCUT2D eigenvalue weighted by Crippen LogP contribution is 2.50. The van der Waals surface area contributed by atoms with E-state index in [9.17, 15) is 18.6 Å². The fourth-order valence-corrected chi connectivity index (χ4v) is 8.69. The molecule has 0 spiro atoms. The van der Waals surface area contributed by atoms with Gasteiger partial charge in [0, 0.05) is 31.1 Å². The van der Waals surface area contributed by atoms with Crippen LogP contribution in [0.2, 0.25) is 0 Å². The maximum Gasteiger partial charge on any atom is 0.179 e. The zero-order valence-electron chi connectivity index (χ0n) is 26.3. The van der Waals surface area contributed by atoms with Crippen molar-refractivity contribution < 1.29 is 23.4 Å². The lowest BCUT2D eigenvalue weighted by molar-refractivity contribution is 0.0127. The number of nitrogens with zero attached hydrogens (tertiary/aromatic N) is 1. The third-order valence-electron chi connectivity index (χ3n) is 8.94. The van der Waals surface area contributed by atoms with Crippen LogP contribution in [-0.4, -0.2) is 51.2 Å². The second-order valence-electron chi connectivity index (χ2n) is 12.4. The van der Waals surface area contributed by atoms with E-state index < -0.39 is 27.3 Å². The number of sulfone groups is 1. The molecular weight excluding hydrogens is 558 g/mol. The highest BCUT2D eigenvalue weighted by atomic mass is 32.2. The summed E-state index contributed by atoms with van der Waals surface area (Å²) in [6, 6.07) is 20.8. The van der Waals surface area contributed by atoms with Gasteiger partial charge < -0.3 is 19.8 Å². The Morgan fingerprint density at radius 2 is 1.60 bits per heavy atom. The number of aryl methyl sites for hydroxylation is 1. The van der Waals surface area contributed by atoms with Crippen LogP contribution in [0, 0.1) is 5.41 Å². The molecule has 0 fully saturated rings. The predicted octanol–water partition coefficient (Wildman–Crippen LogP) is 7.51. The van der Waals surface area contributed by atoms with Crippen LogP contribution in [0.1, 0.15) is 87.8 Å². The van der Waals surface area contributed by atoms with Crippen LogP contribution in [-0.2, 0) is 16.3 Å². The average molecular weight is 608 g/mol. The molecule has 0 amide bonds. The van der Waals surface area contributed by atoms with Gasteiger partial charge in [0.05, 0.1) is 23.4 Å². The first-order valence-corrected chi connectivity index (χ1v) is 17.5. The van der Waals surface area contributed by atoms with Crippen molar-refractivity contribution >= 4 is 15.5 Å². The topological polar surface area (TPSA) is 87.1 Å². The molecule has 3 aromatic carbocycles. The van der Waals surface area contributed by atoms with Crippen molar-refractivity contribution in [3.8, 4) is 11.5 Å². The highest BCUT2D eigenvalue weighted by molar-refractivity contribution is 7.91. The second-order valence-corrected chi connectivity index (χ2v) is 14.4. The van der Waals surface area contributed by atoms with Crippen molar-refractivity contribution in [2.75, 3.05) is 31.4 Å². The Hall–Kier alpha value is -3.03. The van der Waals surface area contributed by atoms with Crippen molar-refractivity contribution in [3.05, 3.63) is 83.4 Å². The summed E-state index contributed by atoms with van der Waals surface area (Å²) in [4.78, 5) is 2.31. The summed E-state index contributed by atoms with van der Waals surface area (Å²) in [5, 5.41) is 22.0. The summed E-state index contributed by atoms with van der Waals surface area (Å²) in [5.74, 6) is 0.536. The van der Waals surface area contributed by atoms with Crippen LogP contribution < -0.4 is 9.64 Å². The van der Waals surface area contributed by atoms with Crippen LogP contribution in [0.4, 0.5) is 5.69 Å². The first-order chi connectivity index (χ1) is 20.6. The molecule has 0 saturated carbocycles. The van der Waals surface area contributed by atoms with Gasteiger partial charge in [-0.3, -0.25) is 0 Å². The molecular formula is C36H49NO5S. The third kappa shape index (κ3) is 7.93. The van der Waals surface area contributed by atoms with Gasteiger partial charge in [0.25, 0.3) is 0 Å². The Bertz CT molecular complexity index is 1430. The first kappa shape index (κ1) is 32.9. The van der Waals surface area contributed by atoms with E-state index in [0.717, 1.165) is 67.5 Å². The Kier molecular flexibility index (Phi) is 11.2. The molecule has 6 nitrogen and oxygen atoms in total. The van der Waals surface area contributed by atoms with E-state index in [0.29, 0.717) is 35.7 Å². The average Bonchev–Trinajstić information content (AvgIpc) is 3.05. The summed E-state index contributed by atoms with van der Waals surface area (Å²) in [5.41, 5.74) is 2.87. The largest absolute Gasteiger partial charge is 0.508 e. The number of aliphatic hydroxyl groups excluding tert-OH is 1. The smallest absolute Gasteiger partial charge is 0.179 e. The van der Waals surface area contributed by atoms with Crippen molar-refractivity contribution in [3.63, 3.8) is 0 Å². The fourth-order valence-electron chi connectivity index (χ4n) is 6.49. The van der Waals surface area contributed by atoms with Gasteiger partial charge in [0.2, 0.25) is 0 Å². The SMILES string of the molecule is CCCCC1(CCCC)CS(=O)(=O)c2ccc(N(C)C)cc2[C@@H](c2ccc(OCCCCc3cccc(O)c3)cc2)[C@H]1O. The van der Waals surface area contributed by atoms with Crippen molar-refractivity contribution in [1.29, 1.82) is 0 Å². The zero-order chi connectivity index (χ0) is 31.0. The molecule has 2 N–H and O–H groups in total. The van der Waals surface area contributed by atoms with E-state index in [1.807, 2.05) is 67.5 Å². The normalized spacial score (nSPS) is 18.9. The Labute approximate surface area is 258 Å². The van der Waals surface area contributed by atoms with E-state index in [4.69, 9.17) is 4.74 Å². The number of phenols is 1. The molecule has 0 unspecified atom stereocenters. The zero-order valence-corrected chi connectivity index (χ0v) is 27.1. The Morgan fingerprint density at radius 1 is 0.907 bits per heavy atom. The molecule has 0 aliphatic carbocycles. The van der Waals surface area contributed by atoms with Gasteiger partial charge in [0.15, 0.2) is 9.84 Å². The molecule has 1 heterocycles.